The maximum Gasteiger partial charge on any atom is 0.193 e. The van der Waals surface area contributed by atoms with Crippen molar-refractivity contribution in [2.24, 2.45) is 12.8 Å². The molecule has 2 rings (SSSR count). The molecular weight excluding hydrogens is 247 g/mol. The van der Waals surface area contributed by atoms with E-state index < -0.39 is 0 Å². The molecular formula is C12H17FN6. The highest BCUT2D eigenvalue weighted by Gasteiger charge is 2.10. The predicted molar refractivity (Wildman–Crippen MR) is 69.9 cm³/mol. The van der Waals surface area contributed by atoms with E-state index in [1.807, 2.05) is 0 Å². The van der Waals surface area contributed by atoms with E-state index in [-0.39, 0.29) is 5.82 Å². The second-order valence-corrected chi connectivity index (χ2v) is 4.24. The lowest BCUT2D eigenvalue weighted by molar-refractivity contribution is 0.624. The fourth-order valence-electron chi connectivity index (χ4n) is 1.79. The quantitative estimate of drug-likeness (QED) is 0.831. The van der Waals surface area contributed by atoms with E-state index in [1.165, 1.54) is 16.9 Å². The number of anilines is 1. The monoisotopic (exact) mass is 264 g/mol. The zero-order chi connectivity index (χ0) is 13.7. The zero-order valence-corrected chi connectivity index (χ0v) is 10.8. The fourth-order valence-corrected chi connectivity index (χ4v) is 1.79. The number of aromatic nitrogens is 4. The normalized spacial score (nSPS) is 10.7. The Balaban J connectivity index is 2.13. The second kappa shape index (κ2) is 6.24. The molecule has 0 spiro atoms. The first kappa shape index (κ1) is 13.4. The average molecular weight is 264 g/mol. The van der Waals surface area contributed by atoms with Crippen LogP contribution in [0, 0.1) is 5.82 Å². The van der Waals surface area contributed by atoms with Crippen molar-refractivity contribution in [2.75, 3.05) is 18.0 Å². The first-order valence-electron chi connectivity index (χ1n) is 6.12. The van der Waals surface area contributed by atoms with Gasteiger partial charge >= 0.3 is 0 Å². The van der Waals surface area contributed by atoms with Crippen molar-refractivity contribution >= 4 is 5.69 Å². The van der Waals surface area contributed by atoms with Crippen LogP contribution in [0.3, 0.4) is 0 Å². The Morgan fingerprint density at radius 3 is 2.63 bits per heavy atom. The molecule has 0 unspecified atom stereocenters. The van der Waals surface area contributed by atoms with E-state index in [9.17, 15) is 4.39 Å². The summed E-state index contributed by atoms with van der Waals surface area (Å²) < 4.78 is 13.0. The summed E-state index contributed by atoms with van der Waals surface area (Å²) in [6.07, 6.45) is 0.845. The van der Waals surface area contributed by atoms with Gasteiger partial charge in [0.2, 0.25) is 0 Å². The van der Waals surface area contributed by atoms with Gasteiger partial charge in [0.15, 0.2) is 5.82 Å². The summed E-state index contributed by atoms with van der Waals surface area (Å²) >= 11 is 0. The standard InChI is InChI=1S/C12H17FN6/c1-18-16-12(15-17-18)9-19(8-2-7-14)11-5-3-10(13)4-6-11/h3-6H,2,7-9,14H2,1H3. The molecule has 6 nitrogen and oxygen atoms in total. The van der Waals surface area contributed by atoms with Crippen molar-refractivity contribution in [2.45, 2.75) is 13.0 Å². The van der Waals surface area contributed by atoms with E-state index in [1.54, 1.807) is 19.2 Å². The molecule has 0 radical (unpaired) electrons. The number of hydrogen-bond donors (Lipinski definition) is 1. The topological polar surface area (TPSA) is 72.9 Å². The molecule has 0 atom stereocenters. The van der Waals surface area contributed by atoms with Gasteiger partial charge in [-0.15, -0.1) is 10.2 Å². The molecule has 0 bridgehead atoms. The molecule has 0 aliphatic carbocycles. The molecule has 7 heteroatoms. The zero-order valence-electron chi connectivity index (χ0n) is 10.8. The third-order valence-electron chi connectivity index (χ3n) is 2.71. The van der Waals surface area contributed by atoms with Gasteiger partial charge in [0.1, 0.15) is 5.82 Å². The number of rotatable bonds is 6. The van der Waals surface area contributed by atoms with Gasteiger partial charge in [-0.1, -0.05) is 0 Å². The Hall–Kier alpha value is -2.02. The molecule has 0 aliphatic rings. The summed E-state index contributed by atoms with van der Waals surface area (Å²) in [7, 11) is 1.72. The van der Waals surface area contributed by atoms with Crippen molar-refractivity contribution < 1.29 is 4.39 Å². The van der Waals surface area contributed by atoms with Crippen LogP contribution in [-0.4, -0.2) is 33.3 Å². The van der Waals surface area contributed by atoms with Crippen LogP contribution < -0.4 is 10.6 Å². The molecule has 0 amide bonds. The van der Waals surface area contributed by atoms with Crippen molar-refractivity contribution in [1.82, 2.24) is 20.2 Å². The van der Waals surface area contributed by atoms with Crippen LogP contribution in [0.4, 0.5) is 10.1 Å². The van der Waals surface area contributed by atoms with Crippen molar-refractivity contribution in [1.29, 1.82) is 0 Å². The predicted octanol–water partition coefficient (Wildman–Crippen LogP) is 0.705. The number of aryl methyl sites for hydroxylation is 1. The van der Waals surface area contributed by atoms with Crippen LogP contribution in [0.15, 0.2) is 24.3 Å². The van der Waals surface area contributed by atoms with Gasteiger partial charge in [0, 0.05) is 12.2 Å². The Morgan fingerprint density at radius 1 is 1.32 bits per heavy atom. The Labute approximate surface area is 111 Å². The van der Waals surface area contributed by atoms with E-state index in [0.29, 0.717) is 18.9 Å². The summed E-state index contributed by atoms with van der Waals surface area (Å²) in [5.74, 6) is 0.379. The summed E-state index contributed by atoms with van der Waals surface area (Å²) in [5.41, 5.74) is 6.46. The van der Waals surface area contributed by atoms with Crippen LogP contribution in [0.25, 0.3) is 0 Å². The lowest BCUT2D eigenvalue weighted by atomic mass is 10.2. The van der Waals surface area contributed by atoms with Crippen LogP contribution >= 0.6 is 0 Å². The minimum Gasteiger partial charge on any atom is -0.364 e. The van der Waals surface area contributed by atoms with Crippen LogP contribution in [-0.2, 0) is 13.6 Å². The minimum atomic E-state index is -0.250. The largest absolute Gasteiger partial charge is 0.364 e. The van der Waals surface area contributed by atoms with Crippen LogP contribution in [0.5, 0.6) is 0 Å². The number of hydrogen-bond acceptors (Lipinski definition) is 5. The molecule has 2 aromatic rings. The van der Waals surface area contributed by atoms with E-state index >= 15 is 0 Å². The van der Waals surface area contributed by atoms with Gasteiger partial charge in [-0.25, -0.2) is 4.39 Å². The molecule has 19 heavy (non-hydrogen) atoms. The molecule has 1 aromatic carbocycles. The van der Waals surface area contributed by atoms with Crippen LogP contribution in [0.2, 0.25) is 0 Å². The molecule has 0 saturated heterocycles. The maximum absolute atomic E-state index is 13.0. The SMILES string of the molecule is Cn1nnc(CN(CCCN)c2ccc(F)cc2)n1. The number of nitrogens with zero attached hydrogens (tertiary/aromatic N) is 5. The van der Waals surface area contributed by atoms with E-state index in [4.69, 9.17) is 5.73 Å². The third-order valence-corrected chi connectivity index (χ3v) is 2.71. The Morgan fingerprint density at radius 2 is 2.05 bits per heavy atom. The molecule has 0 fully saturated rings. The lowest BCUT2D eigenvalue weighted by Gasteiger charge is -2.23. The van der Waals surface area contributed by atoms with E-state index in [0.717, 1.165) is 18.7 Å². The van der Waals surface area contributed by atoms with Gasteiger partial charge in [-0.05, 0) is 42.4 Å². The number of tetrazole rings is 1. The average Bonchev–Trinajstić information content (AvgIpc) is 2.81. The lowest BCUT2D eigenvalue weighted by Crippen LogP contribution is -2.26. The third kappa shape index (κ3) is 3.72. The first-order chi connectivity index (χ1) is 9.19. The molecule has 1 aromatic heterocycles. The molecule has 0 saturated carbocycles. The smallest absolute Gasteiger partial charge is 0.193 e. The first-order valence-corrected chi connectivity index (χ1v) is 6.12. The maximum atomic E-state index is 13.0. The molecule has 2 N–H and O–H groups in total. The Bertz CT molecular complexity index is 509. The highest BCUT2D eigenvalue weighted by atomic mass is 19.1. The fraction of sp³-hybridized carbons (Fsp3) is 0.417. The Kier molecular flexibility index (Phi) is 4.40. The second-order valence-electron chi connectivity index (χ2n) is 4.24. The summed E-state index contributed by atoms with van der Waals surface area (Å²) in [4.78, 5) is 3.48. The molecule has 1 heterocycles. The highest BCUT2D eigenvalue weighted by molar-refractivity contribution is 5.46. The van der Waals surface area contributed by atoms with Crippen molar-refractivity contribution in [3.05, 3.63) is 35.9 Å². The van der Waals surface area contributed by atoms with Crippen LogP contribution in [0.1, 0.15) is 12.2 Å². The number of nitrogens with two attached hydrogens (primary N) is 1. The summed E-state index contributed by atoms with van der Waals surface area (Å²) in [6, 6.07) is 6.36. The highest BCUT2D eigenvalue weighted by Crippen LogP contribution is 2.16. The van der Waals surface area contributed by atoms with Gasteiger partial charge in [0.05, 0.1) is 13.6 Å². The number of benzene rings is 1. The summed E-state index contributed by atoms with van der Waals surface area (Å²) in [5, 5.41) is 11.9. The number of halogens is 1. The van der Waals surface area contributed by atoms with E-state index in [2.05, 4.69) is 20.3 Å². The molecule has 102 valence electrons. The van der Waals surface area contributed by atoms with Gasteiger partial charge in [0.25, 0.3) is 0 Å². The minimum absolute atomic E-state index is 0.250. The van der Waals surface area contributed by atoms with Crippen molar-refractivity contribution in [3.8, 4) is 0 Å². The van der Waals surface area contributed by atoms with Gasteiger partial charge in [-0.3, -0.25) is 0 Å². The summed E-state index contributed by atoms with van der Waals surface area (Å²) in [6.45, 7) is 1.89. The van der Waals surface area contributed by atoms with Crippen molar-refractivity contribution in [3.63, 3.8) is 0 Å². The molecule has 0 aliphatic heterocycles. The van der Waals surface area contributed by atoms with Gasteiger partial charge < -0.3 is 10.6 Å². The van der Waals surface area contributed by atoms with Gasteiger partial charge in [-0.2, -0.15) is 4.80 Å².